The molecule has 7 nitrogen and oxygen atoms in total. The van der Waals surface area contributed by atoms with Crippen molar-refractivity contribution in [3.05, 3.63) is 93.7 Å². The molecule has 1 aliphatic rings. The summed E-state index contributed by atoms with van der Waals surface area (Å²) in [4.78, 5) is 27.9. The van der Waals surface area contributed by atoms with E-state index in [4.69, 9.17) is 0 Å². The van der Waals surface area contributed by atoms with Crippen molar-refractivity contribution in [3.63, 3.8) is 0 Å². The lowest BCUT2D eigenvalue weighted by Gasteiger charge is -2.30. The van der Waals surface area contributed by atoms with E-state index in [-0.39, 0.29) is 31.2 Å². The second-order valence-electron chi connectivity index (χ2n) is 8.21. The molecule has 1 unspecified atom stereocenters. The number of nitrogens with zero attached hydrogens (tertiary/aromatic N) is 1. The van der Waals surface area contributed by atoms with Gasteiger partial charge in [0.15, 0.2) is 9.84 Å². The standard InChI is InChI=1S/C26H24N2O5S2/c29-24(27-31)19-26(23-14-13-22(34-23)12-11-20-7-3-1-4-8-20)15-16-28(17-18-35(26,32)33)25(30)21-9-5-2-6-10-21/h1-10,13-14,31H,15-19H2,(H,27,29). The molecule has 1 fully saturated rings. The number of amides is 2. The number of carbonyl (C=O) groups excluding carboxylic acids is 2. The third kappa shape index (κ3) is 5.30. The van der Waals surface area contributed by atoms with Gasteiger partial charge < -0.3 is 4.90 Å². The molecule has 1 saturated heterocycles. The van der Waals surface area contributed by atoms with E-state index in [0.29, 0.717) is 15.3 Å². The highest BCUT2D eigenvalue weighted by atomic mass is 32.2. The quantitative estimate of drug-likeness (QED) is 0.320. The molecule has 0 bridgehead atoms. The van der Waals surface area contributed by atoms with Crippen molar-refractivity contribution in [1.82, 2.24) is 10.4 Å². The van der Waals surface area contributed by atoms with Crippen molar-refractivity contribution >= 4 is 33.0 Å². The van der Waals surface area contributed by atoms with Crippen molar-refractivity contribution in [1.29, 1.82) is 0 Å². The first-order chi connectivity index (χ1) is 16.8. The maximum Gasteiger partial charge on any atom is 0.253 e. The van der Waals surface area contributed by atoms with Crippen LogP contribution in [0.3, 0.4) is 0 Å². The Morgan fingerprint density at radius 2 is 1.66 bits per heavy atom. The van der Waals surface area contributed by atoms with Crippen molar-refractivity contribution in [2.45, 2.75) is 17.6 Å². The number of benzene rings is 2. The van der Waals surface area contributed by atoms with Crippen LogP contribution in [0, 0.1) is 11.8 Å². The normalized spacial score (nSPS) is 19.2. The predicted molar refractivity (Wildman–Crippen MR) is 134 cm³/mol. The fourth-order valence-electron chi connectivity index (χ4n) is 4.14. The van der Waals surface area contributed by atoms with Crippen LogP contribution in [0.25, 0.3) is 0 Å². The van der Waals surface area contributed by atoms with Crippen molar-refractivity contribution < 1.29 is 23.2 Å². The first-order valence-corrected chi connectivity index (χ1v) is 13.5. The summed E-state index contributed by atoms with van der Waals surface area (Å²) in [6.07, 6.45) is -0.432. The Morgan fingerprint density at radius 3 is 2.34 bits per heavy atom. The Labute approximate surface area is 208 Å². The Morgan fingerprint density at radius 1 is 0.971 bits per heavy atom. The van der Waals surface area contributed by atoms with E-state index >= 15 is 0 Å². The third-order valence-electron chi connectivity index (χ3n) is 6.05. The van der Waals surface area contributed by atoms with E-state index < -0.39 is 26.9 Å². The summed E-state index contributed by atoms with van der Waals surface area (Å²) in [5.74, 6) is 4.75. The number of nitrogens with one attached hydrogen (secondary N) is 1. The van der Waals surface area contributed by atoms with Gasteiger partial charge in [0.2, 0.25) is 5.91 Å². The Hall–Kier alpha value is -3.45. The van der Waals surface area contributed by atoms with Crippen LogP contribution in [-0.4, -0.2) is 49.2 Å². The number of hydrogen-bond acceptors (Lipinski definition) is 6. The molecule has 2 amide bonds. The van der Waals surface area contributed by atoms with Gasteiger partial charge in [-0.25, -0.2) is 13.9 Å². The molecule has 9 heteroatoms. The number of sulfone groups is 1. The van der Waals surface area contributed by atoms with Gasteiger partial charge in [0.25, 0.3) is 5.91 Å². The molecule has 0 radical (unpaired) electrons. The van der Waals surface area contributed by atoms with Crippen LogP contribution in [-0.2, 0) is 19.4 Å². The summed E-state index contributed by atoms with van der Waals surface area (Å²) in [7, 11) is -3.89. The van der Waals surface area contributed by atoms with Crippen LogP contribution < -0.4 is 5.48 Å². The molecule has 2 heterocycles. The number of carbonyl (C=O) groups is 2. The second-order valence-corrected chi connectivity index (χ2v) is 11.7. The fourth-order valence-corrected chi connectivity index (χ4v) is 7.60. The third-order valence-corrected chi connectivity index (χ3v) is 9.86. The monoisotopic (exact) mass is 508 g/mol. The van der Waals surface area contributed by atoms with E-state index in [1.807, 2.05) is 30.3 Å². The average molecular weight is 509 g/mol. The average Bonchev–Trinajstić information content (AvgIpc) is 3.31. The van der Waals surface area contributed by atoms with E-state index in [9.17, 15) is 23.2 Å². The summed E-state index contributed by atoms with van der Waals surface area (Å²) in [6.45, 7) is 0.166. The molecule has 3 aromatic rings. The lowest BCUT2D eigenvalue weighted by atomic mass is 9.97. The molecule has 0 spiro atoms. The van der Waals surface area contributed by atoms with E-state index in [1.165, 1.54) is 16.2 Å². The van der Waals surface area contributed by atoms with Crippen LogP contribution in [0.1, 0.15) is 38.5 Å². The minimum atomic E-state index is -3.89. The molecule has 1 atom stereocenters. The van der Waals surface area contributed by atoms with Crippen molar-refractivity contribution in [2.75, 3.05) is 18.8 Å². The number of hydrogen-bond donors (Lipinski definition) is 2. The summed E-state index contributed by atoms with van der Waals surface area (Å²) < 4.78 is 25.7. The molecule has 4 rings (SSSR count). The van der Waals surface area contributed by atoms with Crippen LogP contribution in [0.15, 0.2) is 72.8 Å². The maximum atomic E-state index is 13.6. The van der Waals surface area contributed by atoms with Gasteiger partial charge in [-0.15, -0.1) is 11.3 Å². The highest BCUT2D eigenvalue weighted by Crippen LogP contribution is 2.43. The Balaban J connectivity index is 1.69. The molecule has 35 heavy (non-hydrogen) atoms. The molecule has 180 valence electrons. The molecule has 2 aromatic carbocycles. The van der Waals surface area contributed by atoms with Gasteiger partial charge in [0, 0.05) is 29.1 Å². The lowest BCUT2D eigenvalue weighted by molar-refractivity contribution is -0.129. The molecular formula is C26H24N2O5S2. The van der Waals surface area contributed by atoms with E-state index in [2.05, 4.69) is 11.8 Å². The van der Waals surface area contributed by atoms with E-state index in [0.717, 1.165) is 5.56 Å². The highest BCUT2D eigenvalue weighted by Gasteiger charge is 2.49. The van der Waals surface area contributed by atoms with Gasteiger partial charge in [-0.05, 0) is 42.8 Å². The SMILES string of the molecule is O=C(CC1(c2ccc(C#Cc3ccccc3)s2)CCN(C(=O)c2ccccc2)CCS1(=O)=O)NO. The summed E-state index contributed by atoms with van der Waals surface area (Å²) >= 11 is 1.21. The summed E-state index contributed by atoms with van der Waals surface area (Å²) in [6, 6.07) is 21.5. The van der Waals surface area contributed by atoms with Crippen molar-refractivity contribution in [2.24, 2.45) is 0 Å². The first kappa shape index (κ1) is 24.7. The van der Waals surface area contributed by atoms with Crippen LogP contribution in [0.5, 0.6) is 0 Å². The topological polar surface area (TPSA) is 104 Å². The van der Waals surface area contributed by atoms with Gasteiger partial charge in [-0.2, -0.15) is 0 Å². The minimum Gasteiger partial charge on any atom is -0.338 e. The minimum absolute atomic E-state index is 0.0185. The van der Waals surface area contributed by atoms with Gasteiger partial charge in [-0.1, -0.05) is 48.2 Å². The van der Waals surface area contributed by atoms with Crippen LogP contribution in [0.4, 0.5) is 0 Å². The molecule has 0 aliphatic carbocycles. The largest absolute Gasteiger partial charge is 0.338 e. The van der Waals surface area contributed by atoms with Crippen molar-refractivity contribution in [3.8, 4) is 11.8 Å². The Kier molecular flexibility index (Phi) is 7.36. The lowest BCUT2D eigenvalue weighted by Crippen LogP contribution is -2.41. The zero-order valence-corrected chi connectivity index (χ0v) is 20.4. The zero-order valence-electron chi connectivity index (χ0n) is 18.8. The van der Waals surface area contributed by atoms with Gasteiger partial charge >= 0.3 is 0 Å². The van der Waals surface area contributed by atoms with Gasteiger partial charge in [-0.3, -0.25) is 14.8 Å². The second kappa shape index (κ2) is 10.4. The number of thiophene rings is 1. The van der Waals surface area contributed by atoms with Crippen LogP contribution >= 0.6 is 11.3 Å². The maximum absolute atomic E-state index is 13.6. The smallest absolute Gasteiger partial charge is 0.253 e. The fraction of sp³-hybridized carbons (Fsp3) is 0.231. The van der Waals surface area contributed by atoms with Crippen LogP contribution in [0.2, 0.25) is 0 Å². The number of hydroxylamine groups is 1. The molecule has 2 N–H and O–H groups in total. The predicted octanol–water partition coefficient (Wildman–Crippen LogP) is 3.20. The van der Waals surface area contributed by atoms with Gasteiger partial charge in [0.1, 0.15) is 4.75 Å². The molecule has 0 saturated carbocycles. The summed E-state index contributed by atoms with van der Waals surface area (Å²) in [5.41, 5.74) is 2.87. The zero-order chi connectivity index (χ0) is 24.9. The van der Waals surface area contributed by atoms with E-state index in [1.54, 1.807) is 47.9 Å². The first-order valence-electron chi connectivity index (χ1n) is 11.0. The van der Waals surface area contributed by atoms with Gasteiger partial charge in [0.05, 0.1) is 17.1 Å². The molecule has 1 aromatic heterocycles. The molecular weight excluding hydrogens is 484 g/mol. The summed E-state index contributed by atoms with van der Waals surface area (Å²) in [5, 5.41) is 9.19. The highest BCUT2D eigenvalue weighted by molar-refractivity contribution is 7.92. The Bertz CT molecular complexity index is 1380. The molecule has 1 aliphatic heterocycles. The number of rotatable bonds is 4.